The normalized spacial score (nSPS) is 20.0. The van der Waals surface area contributed by atoms with Gasteiger partial charge in [0.15, 0.2) is 0 Å². The van der Waals surface area contributed by atoms with Gasteiger partial charge in [0.25, 0.3) is 5.91 Å². The van der Waals surface area contributed by atoms with E-state index in [9.17, 15) is 22.4 Å². The van der Waals surface area contributed by atoms with Gasteiger partial charge in [-0.15, -0.1) is 0 Å². The second-order valence-corrected chi connectivity index (χ2v) is 12.1. The Bertz CT molecular complexity index is 1420. The lowest BCUT2D eigenvalue weighted by Gasteiger charge is -2.39. The van der Waals surface area contributed by atoms with Crippen LogP contribution in [0.3, 0.4) is 0 Å². The van der Waals surface area contributed by atoms with E-state index in [1.54, 1.807) is 33.8 Å². The smallest absolute Gasteiger partial charge is 0.258 e. The third kappa shape index (κ3) is 4.52. The van der Waals surface area contributed by atoms with E-state index >= 15 is 0 Å². The van der Waals surface area contributed by atoms with Crippen LogP contribution in [0.4, 0.5) is 10.1 Å². The maximum absolute atomic E-state index is 15.0. The predicted octanol–water partition coefficient (Wildman–Crippen LogP) is 2.78. The van der Waals surface area contributed by atoms with Crippen LogP contribution in [0.2, 0.25) is 5.02 Å². The van der Waals surface area contributed by atoms with Gasteiger partial charge in [0, 0.05) is 31.2 Å². The van der Waals surface area contributed by atoms with Crippen molar-refractivity contribution in [1.82, 2.24) is 15.2 Å². The molecule has 1 atom stereocenters. The fourth-order valence-electron chi connectivity index (χ4n) is 4.52. The van der Waals surface area contributed by atoms with Crippen molar-refractivity contribution in [2.75, 3.05) is 25.0 Å². The summed E-state index contributed by atoms with van der Waals surface area (Å²) in [5, 5.41) is 11.6. The van der Waals surface area contributed by atoms with Gasteiger partial charge in [0.05, 0.1) is 26.9 Å². The zero-order valence-corrected chi connectivity index (χ0v) is 21.8. The Balaban J connectivity index is 1.83. The quantitative estimate of drug-likeness (QED) is 0.515. The Morgan fingerprint density at radius 3 is 2.56 bits per heavy atom. The van der Waals surface area contributed by atoms with Crippen LogP contribution < -0.4 is 15.8 Å². The molecule has 3 heterocycles. The average molecular weight is 536 g/mol. The minimum atomic E-state index is -4.14. The molecule has 36 heavy (non-hydrogen) atoms. The number of aromatic nitrogens is 1. The second-order valence-electron chi connectivity index (χ2n) is 10.1. The molecule has 12 heteroatoms. The van der Waals surface area contributed by atoms with Gasteiger partial charge in [-0.3, -0.25) is 14.6 Å². The first-order valence-electron chi connectivity index (χ1n) is 11.2. The molecule has 0 fully saturated rings. The molecule has 192 valence electrons. The number of nitrogens with one attached hydrogen (secondary N) is 2. The summed E-state index contributed by atoms with van der Waals surface area (Å²) in [4.78, 5) is 32.1. The third-order valence-electron chi connectivity index (χ3n) is 6.53. The number of nitrogens with zero attached hydrogens (tertiary/aromatic N) is 2. The molecule has 2 aromatic rings. The van der Waals surface area contributed by atoms with Crippen LogP contribution >= 0.6 is 11.6 Å². The summed E-state index contributed by atoms with van der Waals surface area (Å²) in [5.74, 6) is -1.93. The number of halogens is 2. The van der Waals surface area contributed by atoms with E-state index in [-0.39, 0.29) is 18.0 Å². The molecule has 1 aromatic heterocycles. The Morgan fingerprint density at radius 2 is 1.94 bits per heavy atom. The van der Waals surface area contributed by atoms with E-state index < -0.39 is 37.6 Å². The fourth-order valence-corrected chi connectivity index (χ4v) is 5.20. The van der Waals surface area contributed by atoms with E-state index in [1.165, 1.54) is 11.1 Å². The predicted molar refractivity (Wildman–Crippen MR) is 133 cm³/mol. The molecule has 2 aliphatic heterocycles. The van der Waals surface area contributed by atoms with Crippen LogP contribution in [0.15, 0.2) is 46.5 Å². The van der Waals surface area contributed by atoms with Crippen LogP contribution in [-0.4, -0.2) is 49.8 Å². The molecule has 0 saturated carbocycles. The Morgan fingerprint density at radius 1 is 1.25 bits per heavy atom. The van der Waals surface area contributed by atoms with E-state index in [1.807, 2.05) is 0 Å². The molecule has 0 radical (unpaired) electrons. The number of rotatable bonds is 4. The minimum Gasteiger partial charge on any atom is -0.324 e. The molecular formula is C24H27ClFN5O4S. The van der Waals surface area contributed by atoms with Crippen molar-refractivity contribution in [3.05, 3.63) is 63.7 Å². The van der Waals surface area contributed by atoms with Crippen molar-refractivity contribution in [3.63, 3.8) is 0 Å². The first-order valence-corrected chi connectivity index (χ1v) is 13.1. The maximum atomic E-state index is 15.0. The van der Waals surface area contributed by atoms with Gasteiger partial charge in [-0.25, -0.2) is 17.9 Å². The summed E-state index contributed by atoms with van der Waals surface area (Å²) in [5.41, 5.74) is 0.403. The molecular weight excluding hydrogens is 509 g/mol. The lowest BCUT2D eigenvalue weighted by molar-refractivity contribution is -0.123. The van der Waals surface area contributed by atoms with E-state index in [2.05, 4.69) is 15.6 Å². The highest BCUT2D eigenvalue weighted by atomic mass is 35.5. The van der Waals surface area contributed by atoms with Gasteiger partial charge in [0.1, 0.15) is 11.4 Å². The number of hydrogen-bond acceptors (Lipinski definition) is 6. The zero-order chi connectivity index (χ0) is 26.6. The lowest BCUT2D eigenvalue weighted by atomic mass is 9.86. The van der Waals surface area contributed by atoms with Gasteiger partial charge in [0.2, 0.25) is 15.9 Å². The number of nitrogens with two attached hydrogens (primary N) is 1. The number of sulfonamides is 1. The average Bonchev–Trinajstić information content (AvgIpc) is 3.34. The van der Waals surface area contributed by atoms with Gasteiger partial charge in [-0.2, -0.15) is 0 Å². The molecule has 4 rings (SSSR count). The first kappa shape index (κ1) is 26.2. The topological polar surface area (TPSA) is 134 Å². The molecule has 2 aliphatic rings. The van der Waals surface area contributed by atoms with Crippen LogP contribution in [-0.2, 0) is 20.4 Å². The van der Waals surface area contributed by atoms with Crippen LogP contribution in [0.25, 0.3) is 0 Å². The summed E-state index contributed by atoms with van der Waals surface area (Å²) < 4.78 is 38.2. The number of pyridine rings is 1. The number of benzene rings is 1. The van der Waals surface area contributed by atoms with Gasteiger partial charge < -0.3 is 15.5 Å². The summed E-state index contributed by atoms with van der Waals surface area (Å²) in [6, 6.07) is 4.51. The number of carbonyl (C=O) groups is 2. The molecule has 0 bridgehead atoms. The zero-order valence-electron chi connectivity index (χ0n) is 20.3. The molecule has 0 saturated heterocycles. The van der Waals surface area contributed by atoms with E-state index in [0.717, 1.165) is 29.3 Å². The summed E-state index contributed by atoms with van der Waals surface area (Å²) in [6.07, 6.45) is 1.43. The summed E-state index contributed by atoms with van der Waals surface area (Å²) >= 11 is 6.22. The Kier molecular flexibility index (Phi) is 6.49. The largest absolute Gasteiger partial charge is 0.324 e. The van der Waals surface area contributed by atoms with Gasteiger partial charge >= 0.3 is 0 Å². The van der Waals surface area contributed by atoms with Crippen molar-refractivity contribution in [3.8, 4) is 0 Å². The number of amides is 2. The van der Waals surface area contributed by atoms with Crippen molar-refractivity contribution in [2.24, 2.45) is 10.6 Å². The highest BCUT2D eigenvalue weighted by Crippen LogP contribution is 2.47. The first-order chi connectivity index (χ1) is 16.6. The molecule has 2 amide bonds. The van der Waals surface area contributed by atoms with E-state index in [0.29, 0.717) is 29.5 Å². The molecule has 1 aromatic carbocycles. The Labute approximate surface area is 214 Å². The number of hydrogen-bond donors (Lipinski definition) is 3. The number of primary sulfonamides is 1. The van der Waals surface area contributed by atoms with E-state index in [4.69, 9.17) is 16.7 Å². The van der Waals surface area contributed by atoms with Crippen molar-refractivity contribution < 1.29 is 22.4 Å². The van der Waals surface area contributed by atoms with Gasteiger partial charge in [-0.1, -0.05) is 32.4 Å². The third-order valence-corrected chi connectivity index (χ3v) is 7.65. The fraction of sp³-hybridized carbons (Fsp3) is 0.375. The molecule has 9 nitrogen and oxygen atoms in total. The maximum Gasteiger partial charge on any atom is 0.258 e. The van der Waals surface area contributed by atoms with Crippen molar-refractivity contribution in [1.29, 1.82) is 0 Å². The summed E-state index contributed by atoms with van der Waals surface area (Å²) in [6.45, 7) is 8.30. The molecule has 0 aliphatic carbocycles. The van der Waals surface area contributed by atoms with Crippen molar-refractivity contribution >= 4 is 39.1 Å². The van der Waals surface area contributed by atoms with Crippen molar-refractivity contribution in [2.45, 2.75) is 38.1 Å². The lowest BCUT2D eigenvalue weighted by Crippen LogP contribution is -2.48. The van der Waals surface area contributed by atoms with Crippen LogP contribution in [0, 0.1) is 11.2 Å². The standard InChI is InChI=1S/C24H27ClFN5O4S/c1-23(2,3)22(33)30-19-7-14(25)10-29-20(19)24(4)17-11-28-9-13(17)12-31(24)21(32)16-6-5-15(8-18(16)26)36(27,34)35/h5-8,10,28H,9,11-12H2,1-4H3,(H,30,33)(H2,27,34,35). The summed E-state index contributed by atoms with van der Waals surface area (Å²) in [7, 11) is -4.14. The second kappa shape index (κ2) is 8.91. The van der Waals surface area contributed by atoms with Crippen LogP contribution in [0.1, 0.15) is 43.7 Å². The Hall–Kier alpha value is -2.86. The SMILES string of the molecule is CC(C)(C)C(=O)Nc1cc(Cl)cnc1C1(C)C2=C(CNC2)CN1C(=O)c1ccc(S(N)(=O)=O)cc1F. The number of anilines is 1. The molecule has 1 unspecified atom stereocenters. The number of carbonyl (C=O) groups excluding carboxylic acids is 2. The van der Waals surface area contributed by atoms with Gasteiger partial charge in [-0.05, 0) is 42.3 Å². The highest BCUT2D eigenvalue weighted by Gasteiger charge is 2.51. The molecule has 4 N–H and O–H groups in total. The molecule has 0 spiro atoms. The minimum absolute atomic E-state index is 0.199. The highest BCUT2D eigenvalue weighted by molar-refractivity contribution is 7.89. The monoisotopic (exact) mass is 535 g/mol. The van der Waals surface area contributed by atoms with Crippen LogP contribution in [0.5, 0.6) is 0 Å².